The van der Waals surface area contributed by atoms with E-state index in [1.54, 1.807) is 6.20 Å². The maximum absolute atomic E-state index is 8.84. The Morgan fingerprint density at radius 3 is 2.67 bits per heavy atom. The van der Waals surface area contributed by atoms with Crippen molar-refractivity contribution in [1.29, 1.82) is 0 Å². The highest BCUT2D eigenvalue weighted by atomic mass is 16.5. The van der Waals surface area contributed by atoms with Gasteiger partial charge in [0.15, 0.2) is 0 Å². The number of benzene rings is 1. The van der Waals surface area contributed by atoms with Crippen LogP contribution in [0.5, 0.6) is 5.88 Å². The van der Waals surface area contributed by atoms with Crippen LogP contribution in [0.1, 0.15) is 23.4 Å². The van der Waals surface area contributed by atoms with Gasteiger partial charge < -0.3 is 14.3 Å². The SMILES string of the molecule is Cc1oc(-c2ccccc2)nc1COc1ccc(CCCO)cn1. The van der Waals surface area contributed by atoms with E-state index >= 15 is 0 Å². The molecule has 0 saturated heterocycles. The minimum atomic E-state index is 0.188. The highest BCUT2D eigenvalue weighted by Crippen LogP contribution is 2.22. The predicted molar refractivity (Wildman–Crippen MR) is 90.7 cm³/mol. The van der Waals surface area contributed by atoms with Crippen LogP contribution < -0.4 is 4.74 Å². The fraction of sp³-hybridized carbons (Fsp3) is 0.263. The first kappa shape index (κ1) is 16.2. The Hall–Kier alpha value is -2.66. The lowest BCUT2D eigenvalue weighted by Gasteiger charge is -2.04. The number of oxazole rings is 1. The second-order valence-corrected chi connectivity index (χ2v) is 5.51. The van der Waals surface area contributed by atoms with E-state index in [9.17, 15) is 0 Å². The van der Waals surface area contributed by atoms with Crippen molar-refractivity contribution in [1.82, 2.24) is 9.97 Å². The number of rotatable bonds is 7. The molecule has 0 atom stereocenters. The van der Waals surface area contributed by atoms with Crippen molar-refractivity contribution >= 4 is 0 Å². The predicted octanol–water partition coefficient (Wildman–Crippen LogP) is 3.55. The van der Waals surface area contributed by atoms with Crippen molar-refractivity contribution < 1.29 is 14.3 Å². The molecule has 0 unspecified atom stereocenters. The average molecular weight is 324 g/mol. The fourth-order valence-corrected chi connectivity index (χ4v) is 2.34. The minimum Gasteiger partial charge on any atom is -0.471 e. The van der Waals surface area contributed by atoms with Gasteiger partial charge in [0.25, 0.3) is 0 Å². The molecule has 2 aromatic heterocycles. The van der Waals surface area contributed by atoms with E-state index in [1.807, 2.05) is 49.4 Å². The van der Waals surface area contributed by atoms with Gasteiger partial charge in [0, 0.05) is 24.4 Å². The molecule has 2 heterocycles. The lowest BCUT2D eigenvalue weighted by atomic mass is 10.2. The summed E-state index contributed by atoms with van der Waals surface area (Å²) < 4.78 is 11.4. The number of hydrogen-bond donors (Lipinski definition) is 1. The molecule has 3 aromatic rings. The summed E-state index contributed by atoms with van der Waals surface area (Å²) in [5.74, 6) is 1.89. The quantitative estimate of drug-likeness (QED) is 0.720. The Labute approximate surface area is 141 Å². The van der Waals surface area contributed by atoms with Crippen molar-refractivity contribution in [2.75, 3.05) is 6.61 Å². The lowest BCUT2D eigenvalue weighted by Crippen LogP contribution is -2.00. The van der Waals surface area contributed by atoms with Crippen LogP contribution in [0.25, 0.3) is 11.5 Å². The Morgan fingerprint density at radius 1 is 1.12 bits per heavy atom. The maximum Gasteiger partial charge on any atom is 0.226 e. The van der Waals surface area contributed by atoms with Crippen LogP contribution in [0.15, 0.2) is 53.1 Å². The number of ether oxygens (including phenoxy) is 1. The van der Waals surface area contributed by atoms with Crippen LogP contribution in [0.2, 0.25) is 0 Å². The number of pyridine rings is 1. The van der Waals surface area contributed by atoms with E-state index in [1.165, 1.54) is 0 Å². The normalized spacial score (nSPS) is 10.8. The van der Waals surface area contributed by atoms with Gasteiger partial charge in [-0.3, -0.25) is 0 Å². The summed E-state index contributed by atoms with van der Waals surface area (Å²) in [4.78, 5) is 8.78. The van der Waals surface area contributed by atoms with Crippen LogP contribution in [0.4, 0.5) is 0 Å². The second-order valence-electron chi connectivity index (χ2n) is 5.51. The summed E-state index contributed by atoms with van der Waals surface area (Å²) in [6, 6.07) is 13.6. The van der Waals surface area contributed by atoms with E-state index in [0.717, 1.165) is 35.4 Å². The molecule has 5 heteroatoms. The molecular formula is C19H20N2O3. The summed E-state index contributed by atoms with van der Waals surface area (Å²) in [6.45, 7) is 2.38. The van der Waals surface area contributed by atoms with E-state index in [2.05, 4.69) is 9.97 Å². The van der Waals surface area contributed by atoms with Gasteiger partial charge in [-0.1, -0.05) is 24.3 Å². The van der Waals surface area contributed by atoms with Gasteiger partial charge in [-0.2, -0.15) is 0 Å². The molecule has 0 bridgehead atoms. The number of aryl methyl sites for hydroxylation is 2. The Balaban J connectivity index is 1.63. The minimum absolute atomic E-state index is 0.188. The molecule has 24 heavy (non-hydrogen) atoms. The van der Waals surface area contributed by atoms with Gasteiger partial charge in [-0.15, -0.1) is 0 Å². The third-order valence-electron chi connectivity index (χ3n) is 3.69. The molecule has 1 aromatic carbocycles. The molecular weight excluding hydrogens is 304 g/mol. The Kier molecular flexibility index (Phi) is 5.23. The first-order valence-corrected chi connectivity index (χ1v) is 7.96. The first-order chi connectivity index (χ1) is 11.8. The van der Waals surface area contributed by atoms with E-state index < -0.39 is 0 Å². The number of aromatic nitrogens is 2. The lowest BCUT2D eigenvalue weighted by molar-refractivity contribution is 0.285. The Morgan fingerprint density at radius 2 is 1.96 bits per heavy atom. The number of nitrogens with zero attached hydrogens (tertiary/aromatic N) is 2. The first-order valence-electron chi connectivity index (χ1n) is 7.96. The molecule has 0 aliphatic rings. The van der Waals surface area contributed by atoms with Crippen LogP contribution in [-0.2, 0) is 13.0 Å². The number of hydrogen-bond acceptors (Lipinski definition) is 5. The third-order valence-corrected chi connectivity index (χ3v) is 3.69. The molecule has 0 fully saturated rings. The molecule has 0 saturated carbocycles. The van der Waals surface area contributed by atoms with Gasteiger partial charge in [-0.05, 0) is 37.5 Å². The summed E-state index contributed by atoms with van der Waals surface area (Å²) in [7, 11) is 0. The van der Waals surface area contributed by atoms with Gasteiger partial charge >= 0.3 is 0 Å². The summed E-state index contributed by atoms with van der Waals surface area (Å²) in [5, 5.41) is 8.84. The largest absolute Gasteiger partial charge is 0.471 e. The molecule has 0 radical (unpaired) electrons. The standard InChI is InChI=1S/C19H20N2O3/c1-14-17(21-19(24-14)16-7-3-2-4-8-16)13-23-18-10-9-15(12-20-18)6-5-11-22/h2-4,7-10,12,22H,5-6,11,13H2,1H3. The number of aliphatic hydroxyl groups excluding tert-OH is 1. The average Bonchev–Trinajstić information content (AvgIpc) is 3.01. The summed E-state index contributed by atoms with van der Waals surface area (Å²) in [5.41, 5.74) is 2.79. The molecule has 1 N–H and O–H groups in total. The van der Waals surface area contributed by atoms with E-state index in [-0.39, 0.29) is 6.61 Å². The van der Waals surface area contributed by atoms with Crippen molar-refractivity contribution in [2.24, 2.45) is 0 Å². The fourth-order valence-electron chi connectivity index (χ4n) is 2.34. The van der Waals surface area contributed by atoms with Crippen molar-refractivity contribution in [3.8, 4) is 17.3 Å². The Bertz CT molecular complexity index is 767. The van der Waals surface area contributed by atoms with Crippen molar-refractivity contribution in [2.45, 2.75) is 26.4 Å². The van der Waals surface area contributed by atoms with Crippen molar-refractivity contribution in [3.63, 3.8) is 0 Å². The zero-order valence-electron chi connectivity index (χ0n) is 13.6. The molecule has 3 rings (SSSR count). The van der Waals surface area contributed by atoms with Crippen LogP contribution >= 0.6 is 0 Å². The highest BCUT2D eigenvalue weighted by molar-refractivity contribution is 5.53. The monoisotopic (exact) mass is 324 g/mol. The molecule has 0 amide bonds. The van der Waals surface area contributed by atoms with Gasteiger partial charge in [0.1, 0.15) is 18.1 Å². The smallest absolute Gasteiger partial charge is 0.226 e. The van der Waals surface area contributed by atoms with Crippen LogP contribution in [0, 0.1) is 6.92 Å². The topological polar surface area (TPSA) is 68.4 Å². The zero-order chi connectivity index (χ0) is 16.8. The molecule has 0 aliphatic heterocycles. The van der Waals surface area contributed by atoms with E-state index in [4.69, 9.17) is 14.3 Å². The van der Waals surface area contributed by atoms with E-state index in [0.29, 0.717) is 18.4 Å². The maximum atomic E-state index is 8.84. The van der Waals surface area contributed by atoms with Gasteiger partial charge in [0.2, 0.25) is 11.8 Å². The highest BCUT2D eigenvalue weighted by Gasteiger charge is 2.12. The number of aliphatic hydroxyl groups is 1. The van der Waals surface area contributed by atoms with Gasteiger partial charge in [0.05, 0.1) is 0 Å². The molecule has 0 spiro atoms. The van der Waals surface area contributed by atoms with Gasteiger partial charge in [-0.25, -0.2) is 9.97 Å². The van der Waals surface area contributed by atoms with Crippen LogP contribution in [0.3, 0.4) is 0 Å². The summed E-state index contributed by atoms with van der Waals surface area (Å²) in [6.07, 6.45) is 3.32. The summed E-state index contributed by atoms with van der Waals surface area (Å²) >= 11 is 0. The second kappa shape index (κ2) is 7.75. The molecule has 124 valence electrons. The third kappa shape index (κ3) is 4.00. The van der Waals surface area contributed by atoms with Crippen molar-refractivity contribution in [3.05, 3.63) is 65.7 Å². The molecule has 5 nitrogen and oxygen atoms in total. The van der Waals surface area contributed by atoms with Crippen LogP contribution in [-0.4, -0.2) is 21.7 Å². The molecule has 0 aliphatic carbocycles. The zero-order valence-corrected chi connectivity index (χ0v) is 13.6.